The Balaban J connectivity index is 2.27. The first-order chi connectivity index (χ1) is 8.86. The molecule has 1 aromatic carbocycles. The zero-order valence-electron chi connectivity index (χ0n) is 11.6. The molecular formula is C14H22N2O2S. The van der Waals surface area contributed by atoms with Crippen molar-refractivity contribution in [1.82, 2.24) is 4.72 Å². The van der Waals surface area contributed by atoms with Gasteiger partial charge in [0.2, 0.25) is 10.0 Å². The Hall–Kier alpha value is -1.07. The molecule has 1 saturated carbocycles. The molecule has 0 aliphatic heterocycles. The van der Waals surface area contributed by atoms with Crippen molar-refractivity contribution < 1.29 is 8.42 Å². The van der Waals surface area contributed by atoms with Gasteiger partial charge in [-0.3, -0.25) is 0 Å². The van der Waals surface area contributed by atoms with Crippen LogP contribution in [0, 0.1) is 0 Å². The number of anilines is 1. The summed E-state index contributed by atoms with van der Waals surface area (Å²) in [6.45, 7) is 3.97. The Morgan fingerprint density at radius 3 is 2.47 bits per heavy atom. The SMILES string of the molecule is CCc1ccc(S(=O)(=O)NC2(C)CCCC2)cc1N. The molecule has 106 valence electrons. The summed E-state index contributed by atoms with van der Waals surface area (Å²) in [7, 11) is -3.48. The van der Waals surface area contributed by atoms with E-state index >= 15 is 0 Å². The summed E-state index contributed by atoms with van der Waals surface area (Å²) < 4.78 is 27.6. The van der Waals surface area contributed by atoms with Crippen molar-refractivity contribution in [3.63, 3.8) is 0 Å². The molecule has 0 unspecified atom stereocenters. The minimum Gasteiger partial charge on any atom is -0.398 e. The van der Waals surface area contributed by atoms with Gasteiger partial charge in [0.25, 0.3) is 0 Å². The third kappa shape index (κ3) is 3.09. The molecule has 1 fully saturated rings. The minimum atomic E-state index is -3.48. The summed E-state index contributed by atoms with van der Waals surface area (Å²) in [5, 5.41) is 0. The van der Waals surface area contributed by atoms with Gasteiger partial charge < -0.3 is 5.73 Å². The lowest BCUT2D eigenvalue weighted by Gasteiger charge is -2.25. The van der Waals surface area contributed by atoms with Gasteiger partial charge in [-0.1, -0.05) is 25.8 Å². The third-order valence-corrected chi connectivity index (χ3v) is 5.53. The predicted molar refractivity (Wildman–Crippen MR) is 77.4 cm³/mol. The lowest BCUT2D eigenvalue weighted by atomic mass is 10.0. The second-order valence-corrected chi connectivity index (χ2v) is 7.27. The van der Waals surface area contributed by atoms with Crippen LogP contribution in [0.2, 0.25) is 0 Å². The Morgan fingerprint density at radius 1 is 1.32 bits per heavy atom. The highest BCUT2D eigenvalue weighted by atomic mass is 32.2. The minimum absolute atomic E-state index is 0.260. The number of rotatable bonds is 4. The van der Waals surface area contributed by atoms with Crippen molar-refractivity contribution in [2.24, 2.45) is 0 Å². The molecule has 2 rings (SSSR count). The molecule has 1 aromatic rings. The van der Waals surface area contributed by atoms with Gasteiger partial charge in [0.15, 0.2) is 0 Å². The zero-order chi connectivity index (χ0) is 14.1. The average molecular weight is 282 g/mol. The molecule has 0 heterocycles. The fourth-order valence-electron chi connectivity index (χ4n) is 2.70. The highest BCUT2D eigenvalue weighted by Crippen LogP contribution is 2.31. The molecule has 0 saturated heterocycles. The Labute approximate surface area is 115 Å². The largest absolute Gasteiger partial charge is 0.398 e. The molecule has 0 atom stereocenters. The molecule has 5 heteroatoms. The summed E-state index contributed by atoms with van der Waals surface area (Å²) in [6, 6.07) is 4.98. The summed E-state index contributed by atoms with van der Waals surface area (Å²) in [5.41, 5.74) is 7.09. The van der Waals surface area contributed by atoms with E-state index in [9.17, 15) is 8.42 Å². The molecule has 0 spiro atoms. The molecule has 0 aromatic heterocycles. The molecule has 19 heavy (non-hydrogen) atoms. The first kappa shape index (κ1) is 14.3. The van der Waals surface area contributed by atoms with Crippen molar-refractivity contribution in [2.45, 2.75) is 56.4 Å². The van der Waals surface area contributed by atoms with Crippen molar-refractivity contribution in [2.75, 3.05) is 5.73 Å². The van der Waals surface area contributed by atoms with Gasteiger partial charge >= 0.3 is 0 Å². The maximum Gasteiger partial charge on any atom is 0.241 e. The topological polar surface area (TPSA) is 72.2 Å². The van der Waals surface area contributed by atoms with Gasteiger partial charge in [-0.15, -0.1) is 0 Å². The van der Waals surface area contributed by atoms with Crippen LogP contribution in [0.25, 0.3) is 0 Å². The van der Waals surface area contributed by atoms with Crippen LogP contribution < -0.4 is 10.5 Å². The molecule has 0 radical (unpaired) electrons. The summed E-state index contributed by atoms with van der Waals surface area (Å²) in [5.74, 6) is 0. The molecular weight excluding hydrogens is 260 g/mol. The van der Waals surface area contributed by atoms with Crippen LogP contribution >= 0.6 is 0 Å². The summed E-state index contributed by atoms with van der Waals surface area (Å²) in [6.07, 6.45) is 4.76. The first-order valence-electron chi connectivity index (χ1n) is 6.79. The van der Waals surface area contributed by atoms with Crippen LogP contribution in [0.3, 0.4) is 0 Å². The lowest BCUT2D eigenvalue weighted by molar-refractivity contribution is 0.427. The van der Waals surface area contributed by atoms with Gasteiger partial charge in [-0.2, -0.15) is 0 Å². The van der Waals surface area contributed by atoms with Crippen LogP contribution in [-0.2, 0) is 16.4 Å². The molecule has 1 aliphatic carbocycles. The van der Waals surface area contributed by atoms with Gasteiger partial charge in [0, 0.05) is 11.2 Å². The van der Waals surface area contributed by atoms with E-state index < -0.39 is 10.0 Å². The van der Waals surface area contributed by atoms with Crippen LogP contribution in [-0.4, -0.2) is 14.0 Å². The zero-order valence-corrected chi connectivity index (χ0v) is 12.4. The summed E-state index contributed by atoms with van der Waals surface area (Å²) in [4.78, 5) is 0.260. The molecule has 0 amide bonds. The van der Waals surface area contributed by atoms with Gasteiger partial charge in [-0.05, 0) is 43.9 Å². The van der Waals surface area contributed by atoms with E-state index in [2.05, 4.69) is 4.72 Å². The third-order valence-electron chi connectivity index (χ3n) is 3.90. The normalized spacial score (nSPS) is 18.6. The predicted octanol–water partition coefficient (Wildman–Crippen LogP) is 2.44. The van der Waals surface area contributed by atoms with Crippen LogP contribution in [0.5, 0.6) is 0 Å². The molecule has 1 aliphatic rings. The Bertz CT molecular complexity index is 561. The number of sulfonamides is 1. The highest BCUT2D eigenvalue weighted by molar-refractivity contribution is 7.89. The number of nitrogens with one attached hydrogen (secondary N) is 1. The number of hydrogen-bond donors (Lipinski definition) is 2. The fraction of sp³-hybridized carbons (Fsp3) is 0.571. The van der Waals surface area contributed by atoms with Gasteiger partial charge in [0.1, 0.15) is 0 Å². The number of hydrogen-bond acceptors (Lipinski definition) is 3. The van der Waals surface area contributed by atoms with Crippen molar-refractivity contribution in [3.05, 3.63) is 23.8 Å². The van der Waals surface area contributed by atoms with E-state index in [-0.39, 0.29) is 10.4 Å². The van der Waals surface area contributed by atoms with Gasteiger partial charge in [0.05, 0.1) is 4.90 Å². The number of nitrogen functional groups attached to an aromatic ring is 1. The van der Waals surface area contributed by atoms with Crippen molar-refractivity contribution >= 4 is 15.7 Å². The van der Waals surface area contributed by atoms with E-state index in [0.29, 0.717) is 5.69 Å². The first-order valence-corrected chi connectivity index (χ1v) is 8.27. The lowest BCUT2D eigenvalue weighted by Crippen LogP contribution is -2.43. The van der Waals surface area contributed by atoms with Crippen LogP contribution in [0.15, 0.2) is 23.1 Å². The van der Waals surface area contributed by atoms with E-state index in [1.165, 1.54) is 0 Å². The molecule has 4 nitrogen and oxygen atoms in total. The summed E-state index contributed by atoms with van der Waals surface area (Å²) >= 11 is 0. The van der Waals surface area contributed by atoms with E-state index in [1.54, 1.807) is 18.2 Å². The second-order valence-electron chi connectivity index (χ2n) is 5.59. The maximum atomic E-state index is 12.4. The molecule has 3 N–H and O–H groups in total. The van der Waals surface area contributed by atoms with E-state index in [0.717, 1.165) is 37.7 Å². The van der Waals surface area contributed by atoms with E-state index in [4.69, 9.17) is 5.73 Å². The van der Waals surface area contributed by atoms with Crippen LogP contribution in [0.1, 0.15) is 45.1 Å². The second kappa shape index (κ2) is 5.13. The van der Waals surface area contributed by atoms with Crippen LogP contribution in [0.4, 0.5) is 5.69 Å². The quantitative estimate of drug-likeness (QED) is 0.833. The maximum absolute atomic E-state index is 12.4. The van der Waals surface area contributed by atoms with E-state index in [1.807, 2.05) is 13.8 Å². The number of benzene rings is 1. The highest BCUT2D eigenvalue weighted by Gasteiger charge is 2.33. The van der Waals surface area contributed by atoms with Crippen molar-refractivity contribution in [1.29, 1.82) is 0 Å². The Morgan fingerprint density at radius 2 is 1.95 bits per heavy atom. The van der Waals surface area contributed by atoms with Gasteiger partial charge in [-0.25, -0.2) is 13.1 Å². The molecule has 0 bridgehead atoms. The smallest absolute Gasteiger partial charge is 0.241 e. The number of aryl methyl sites for hydroxylation is 1. The standard InChI is InChI=1S/C14H22N2O2S/c1-3-11-6-7-12(10-13(11)15)19(17,18)16-14(2)8-4-5-9-14/h6-7,10,16H,3-5,8-9,15H2,1-2H3. The fourth-order valence-corrected chi connectivity index (χ4v) is 4.20. The Kier molecular flexibility index (Phi) is 3.87. The average Bonchev–Trinajstić information content (AvgIpc) is 2.74. The number of nitrogens with two attached hydrogens (primary N) is 1. The monoisotopic (exact) mass is 282 g/mol. The van der Waals surface area contributed by atoms with Crippen molar-refractivity contribution in [3.8, 4) is 0 Å².